The first-order valence-corrected chi connectivity index (χ1v) is 7.98. The summed E-state index contributed by atoms with van der Waals surface area (Å²) < 4.78 is 33.3. The van der Waals surface area contributed by atoms with Crippen LogP contribution in [0.15, 0.2) is 47.4 Å². The second-order valence-electron chi connectivity index (χ2n) is 4.14. The molecule has 2 aromatic rings. The van der Waals surface area contributed by atoms with Crippen molar-refractivity contribution in [2.75, 3.05) is 13.4 Å². The van der Waals surface area contributed by atoms with Gasteiger partial charge in [0.25, 0.3) is 0 Å². The fourth-order valence-corrected chi connectivity index (χ4v) is 2.41. The standard InChI is InChI=1S/C14H13ClO4S/c1-18-11-5-8-14(13(15)9-11)19-10-3-6-12(7-4-10)20(2,16)17/h3-9H,1-2H3. The van der Waals surface area contributed by atoms with Crippen molar-refractivity contribution in [2.24, 2.45) is 0 Å². The molecule has 0 radical (unpaired) electrons. The topological polar surface area (TPSA) is 52.6 Å². The maximum atomic E-state index is 11.4. The van der Waals surface area contributed by atoms with Gasteiger partial charge in [0.1, 0.15) is 17.2 Å². The molecule has 6 heteroatoms. The maximum Gasteiger partial charge on any atom is 0.175 e. The fraction of sp³-hybridized carbons (Fsp3) is 0.143. The van der Waals surface area contributed by atoms with Crippen molar-refractivity contribution in [1.29, 1.82) is 0 Å². The molecule has 0 spiro atoms. The average molecular weight is 313 g/mol. The molecular formula is C14H13ClO4S. The molecule has 0 aliphatic carbocycles. The van der Waals surface area contributed by atoms with Gasteiger partial charge in [0.2, 0.25) is 0 Å². The predicted octanol–water partition coefficient (Wildman–Crippen LogP) is 3.54. The number of methoxy groups -OCH3 is 1. The van der Waals surface area contributed by atoms with Crippen molar-refractivity contribution in [3.63, 3.8) is 0 Å². The SMILES string of the molecule is COc1ccc(Oc2ccc(S(C)(=O)=O)cc2)c(Cl)c1. The van der Waals surface area contributed by atoms with Crippen LogP contribution < -0.4 is 9.47 Å². The largest absolute Gasteiger partial charge is 0.497 e. The zero-order chi connectivity index (χ0) is 14.8. The smallest absolute Gasteiger partial charge is 0.175 e. The number of halogens is 1. The minimum Gasteiger partial charge on any atom is -0.497 e. The Morgan fingerprint density at radius 2 is 1.60 bits per heavy atom. The molecule has 0 bridgehead atoms. The Kier molecular flexibility index (Phi) is 4.20. The van der Waals surface area contributed by atoms with E-state index in [9.17, 15) is 8.42 Å². The summed E-state index contributed by atoms with van der Waals surface area (Å²) in [7, 11) is -1.66. The molecule has 106 valence electrons. The van der Waals surface area contributed by atoms with E-state index in [1.54, 1.807) is 37.4 Å². The third-order valence-corrected chi connectivity index (χ3v) is 4.04. The summed E-state index contributed by atoms with van der Waals surface area (Å²) in [4.78, 5) is 0.241. The van der Waals surface area contributed by atoms with Crippen LogP contribution in [0.4, 0.5) is 0 Å². The highest BCUT2D eigenvalue weighted by Gasteiger charge is 2.08. The maximum absolute atomic E-state index is 11.4. The molecule has 0 unspecified atom stereocenters. The van der Waals surface area contributed by atoms with Crippen LogP contribution in [0.1, 0.15) is 0 Å². The summed E-state index contributed by atoms with van der Waals surface area (Å²) in [5.74, 6) is 1.61. The second-order valence-corrected chi connectivity index (χ2v) is 6.56. The molecule has 0 N–H and O–H groups in total. The second kappa shape index (κ2) is 5.73. The summed E-state index contributed by atoms with van der Waals surface area (Å²) in [6.07, 6.45) is 1.16. The number of hydrogen-bond donors (Lipinski definition) is 0. The van der Waals surface area contributed by atoms with Gasteiger partial charge in [0, 0.05) is 12.3 Å². The summed E-state index contributed by atoms with van der Waals surface area (Å²) in [5, 5.41) is 0.413. The number of ether oxygens (including phenoxy) is 2. The van der Waals surface area contributed by atoms with Gasteiger partial charge in [-0.1, -0.05) is 11.6 Å². The molecule has 20 heavy (non-hydrogen) atoms. The zero-order valence-electron chi connectivity index (χ0n) is 11.0. The number of hydrogen-bond acceptors (Lipinski definition) is 4. The molecule has 0 fully saturated rings. The van der Waals surface area contributed by atoms with Gasteiger partial charge >= 0.3 is 0 Å². The van der Waals surface area contributed by atoms with Crippen molar-refractivity contribution in [1.82, 2.24) is 0 Å². The highest BCUT2D eigenvalue weighted by atomic mass is 35.5. The first kappa shape index (κ1) is 14.7. The quantitative estimate of drug-likeness (QED) is 0.866. The Bertz CT molecular complexity index is 708. The molecule has 2 rings (SSSR count). The molecule has 0 aliphatic rings. The Hall–Kier alpha value is -1.72. The Morgan fingerprint density at radius 1 is 1.00 bits per heavy atom. The van der Waals surface area contributed by atoms with Crippen LogP contribution in [-0.4, -0.2) is 21.8 Å². The highest BCUT2D eigenvalue weighted by Crippen LogP contribution is 2.32. The Labute approximate surface area is 122 Å². The van der Waals surface area contributed by atoms with E-state index >= 15 is 0 Å². The molecule has 0 amide bonds. The van der Waals surface area contributed by atoms with Gasteiger partial charge in [-0.2, -0.15) is 0 Å². The zero-order valence-corrected chi connectivity index (χ0v) is 12.5. The van der Waals surface area contributed by atoms with Crippen molar-refractivity contribution in [3.05, 3.63) is 47.5 Å². The van der Waals surface area contributed by atoms with Crippen LogP contribution >= 0.6 is 11.6 Å². The first-order chi connectivity index (χ1) is 9.40. The lowest BCUT2D eigenvalue weighted by molar-refractivity contribution is 0.413. The molecule has 0 saturated carbocycles. The predicted molar refractivity (Wildman–Crippen MR) is 77.6 cm³/mol. The molecule has 4 nitrogen and oxygen atoms in total. The summed E-state index contributed by atoms with van der Waals surface area (Å²) >= 11 is 6.06. The van der Waals surface area contributed by atoms with Gasteiger partial charge in [-0.3, -0.25) is 0 Å². The summed E-state index contributed by atoms with van der Waals surface area (Å²) in [6.45, 7) is 0. The van der Waals surface area contributed by atoms with Crippen molar-refractivity contribution >= 4 is 21.4 Å². The minimum absolute atomic E-state index is 0.241. The normalized spacial score (nSPS) is 11.2. The summed E-state index contributed by atoms with van der Waals surface area (Å²) in [6, 6.07) is 11.2. The number of sulfone groups is 1. The first-order valence-electron chi connectivity index (χ1n) is 5.71. The Balaban J connectivity index is 2.22. The van der Waals surface area contributed by atoms with Crippen LogP contribution in [0.5, 0.6) is 17.2 Å². The third kappa shape index (κ3) is 3.43. The van der Waals surface area contributed by atoms with Gasteiger partial charge in [0.05, 0.1) is 17.0 Å². The van der Waals surface area contributed by atoms with Gasteiger partial charge in [0.15, 0.2) is 9.84 Å². The van der Waals surface area contributed by atoms with Crippen molar-refractivity contribution in [3.8, 4) is 17.2 Å². The van der Waals surface area contributed by atoms with E-state index in [4.69, 9.17) is 21.1 Å². The van der Waals surface area contributed by atoms with E-state index in [0.29, 0.717) is 22.3 Å². The van der Waals surface area contributed by atoms with Crippen LogP contribution in [0.25, 0.3) is 0 Å². The van der Waals surface area contributed by atoms with Crippen LogP contribution in [0, 0.1) is 0 Å². The van der Waals surface area contributed by atoms with Gasteiger partial charge in [-0.15, -0.1) is 0 Å². The van der Waals surface area contributed by atoms with Crippen LogP contribution in [0.3, 0.4) is 0 Å². The minimum atomic E-state index is -3.21. The average Bonchev–Trinajstić information content (AvgIpc) is 2.40. The lowest BCUT2D eigenvalue weighted by Gasteiger charge is -2.09. The van der Waals surface area contributed by atoms with E-state index in [1.807, 2.05) is 0 Å². The molecule has 0 aliphatic heterocycles. The van der Waals surface area contributed by atoms with E-state index in [2.05, 4.69) is 0 Å². The van der Waals surface area contributed by atoms with E-state index in [1.165, 1.54) is 12.1 Å². The highest BCUT2D eigenvalue weighted by molar-refractivity contribution is 7.90. The number of benzene rings is 2. The van der Waals surface area contributed by atoms with Gasteiger partial charge in [-0.05, 0) is 36.4 Å². The Morgan fingerprint density at radius 3 is 2.10 bits per heavy atom. The fourth-order valence-electron chi connectivity index (χ4n) is 1.57. The van der Waals surface area contributed by atoms with Gasteiger partial charge in [-0.25, -0.2) is 8.42 Å². The molecule has 0 aromatic heterocycles. The van der Waals surface area contributed by atoms with Crippen LogP contribution in [0.2, 0.25) is 5.02 Å². The van der Waals surface area contributed by atoms with Gasteiger partial charge < -0.3 is 9.47 Å². The van der Waals surface area contributed by atoms with Crippen molar-refractivity contribution in [2.45, 2.75) is 4.90 Å². The van der Waals surface area contributed by atoms with E-state index in [-0.39, 0.29) is 4.90 Å². The molecule has 0 atom stereocenters. The van der Waals surface area contributed by atoms with Crippen molar-refractivity contribution < 1.29 is 17.9 Å². The molecule has 0 saturated heterocycles. The summed E-state index contributed by atoms with van der Waals surface area (Å²) in [5.41, 5.74) is 0. The molecule has 0 heterocycles. The lowest BCUT2D eigenvalue weighted by atomic mass is 10.3. The van der Waals surface area contributed by atoms with E-state index < -0.39 is 9.84 Å². The van der Waals surface area contributed by atoms with E-state index in [0.717, 1.165) is 6.26 Å². The monoisotopic (exact) mass is 312 g/mol. The molecule has 2 aromatic carbocycles. The van der Waals surface area contributed by atoms with Crippen LogP contribution in [-0.2, 0) is 9.84 Å². The lowest BCUT2D eigenvalue weighted by Crippen LogP contribution is -1.96. The third-order valence-electron chi connectivity index (χ3n) is 2.62. The number of rotatable bonds is 4. The molecular weight excluding hydrogens is 300 g/mol.